The van der Waals surface area contributed by atoms with Crippen LogP contribution < -0.4 is 5.32 Å². The van der Waals surface area contributed by atoms with Gasteiger partial charge in [-0.05, 0) is 60.7 Å². The molecule has 2 heterocycles. The minimum Gasteiger partial charge on any atom is -0.333 e. The third kappa shape index (κ3) is 3.73. The van der Waals surface area contributed by atoms with Gasteiger partial charge in [-0.2, -0.15) is 13.2 Å². The fraction of sp³-hybridized carbons (Fsp3) is 0.400. The summed E-state index contributed by atoms with van der Waals surface area (Å²) in [5.41, 5.74) is -0.839. The molecule has 0 spiro atoms. The monoisotopic (exact) mass is 393 g/mol. The second-order valence-corrected chi connectivity index (χ2v) is 7.36. The zero-order chi connectivity index (χ0) is 19.9. The second-order valence-electron chi connectivity index (χ2n) is 7.36. The van der Waals surface area contributed by atoms with Crippen molar-refractivity contribution < 1.29 is 22.4 Å². The quantitative estimate of drug-likeness (QED) is 0.793. The standard InChI is InChI=1S/C20H19F4N3O/c21-17-5-4-12(7-16(17)20(22,23)24)10-27(11-15-13-8-25-9-14(13)15)19(28)18-3-1-2-6-26-18/h1-7,13-15,25H,8-11H2. The summed E-state index contributed by atoms with van der Waals surface area (Å²) in [6, 6.07) is 7.83. The minimum atomic E-state index is -4.78. The van der Waals surface area contributed by atoms with E-state index in [-0.39, 0.29) is 23.7 Å². The Kier molecular flexibility index (Phi) is 4.82. The molecule has 2 fully saturated rings. The molecule has 1 aliphatic carbocycles. The van der Waals surface area contributed by atoms with Crippen LogP contribution in [0.15, 0.2) is 42.6 Å². The van der Waals surface area contributed by atoms with E-state index < -0.39 is 17.6 Å². The number of pyridine rings is 1. The predicted molar refractivity (Wildman–Crippen MR) is 93.7 cm³/mol. The van der Waals surface area contributed by atoms with Crippen LogP contribution in [0.4, 0.5) is 17.6 Å². The molecule has 1 saturated heterocycles. The Bertz CT molecular complexity index is 861. The number of nitrogens with one attached hydrogen (secondary N) is 1. The number of aromatic nitrogens is 1. The van der Waals surface area contributed by atoms with Crippen molar-refractivity contribution in [1.82, 2.24) is 15.2 Å². The van der Waals surface area contributed by atoms with Crippen molar-refractivity contribution in [2.45, 2.75) is 12.7 Å². The Labute approximate surface area is 159 Å². The lowest BCUT2D eigenvalue weighted by atomic mass is 10.1. The van der Waals surface area contributed by atoms with Crippen molar-refractivity contribution >= 4 is 5.91 Å². The molecule has 8 heteroatoms. The Hall–Kier alpha value is -2.48. The van der Waals surface area contributed by atoms with Crippen LogP contribution in [-0.4, -0.2) is 35.4 Å². The van der Waals surface area contributed by atoms with Crippen LogP contribution in [0.25, 0.3) is 0 Å². The smallest absolute Gasteiger partial charge is 0.333 e. The number of carbonyl (C=O) groups is 1. The van der Waals surface area contributed by atoms with Crippen molar-refractivity contribution in [3.05, 3.63) is 65.2 Å². The number of benzene rings is 1. The van der Waals surface area contributed by atoms with E-state index in [2.05, 4.69) is 10.3 Å². The summed E-state index contributed by atoms with van der Waals surface area (Å²) in [6.45, 7) is 2.22. The van der Waals surface area contributed by atoms with Crippen molar-refractivity contribution in [3.63, 3.8) is 0 Å². The first-order chi connectivity index (χ1) is 13.3. The van der Waals surface area contributed by atoms with E-state index in [1.807, 2.05) is 0 Å². The number of hydrogen-bond donors (Lipinski definition) is 1. The van der Waals surface area contributed by atoms with Gasteiger partial charge >= 0.3 is 6.18 Å². The van der Waals surface area contributed by atoms with Gasteiger partial charge in [0.05, 0.1) is 5.56 Å². The first-order valence-electron chi connectivity index (χ1n) is 9.11. The summed E-state index contributed by atoms with van der Waals surface area (Å²) in [5, 5.41) is 3.28. The van der Waals surface area contributed by atoms with E-state index in [4.69, 9.17) is 0 Å². The number of hydrogen-bond acceptors (Lipinski definition) is 3. The molecular formula is C20H19F4N3O. The van der Waals surface area contributed by atoms with E-state index in [1.165, 1.54) is 17.2 Å². The third-order valence-electron chi connectivity index (χ3n) is 5.58. The van der Waals surface area contributed by atoms with Gasteiger partial charge in [0.15, 0.2) is 0 Å². The van der Waals surface area contributed by atoms with Crippen LogP contribution in [0.5, 0.6) is 0 Å². The fourth-order valence-corrected chi connectivity index (χ4v) is 4.05. The molecule has 0 bridgehead atoms. The highest BCUT2D eigenvalue weighted by Crippen LogP contribution is 2.49. The Balaban J connectivity index is 1.58. The van der Waals surface area contributed by atoms with Crippen LogP contribution in [0.3, 0.4) is 0 Å². The van der Waals surface area contributed by atoms with E-state index in [0.29, 0.717) is 24.3 Å². The summed E-state index contributed by atoms with van der Waals surface area (Å²) in [5.74, 6) is -0.328. The van der Waals surface area contributed by atoms with Crippen molar-refractivity contribution in [1.29, 1.82) is 0 Å². The number of carbonyl (C=O) groups excluding carboxylic acids is 1. The molecule has 4 nitrogen and oxygen atoms in total. The lowest BCUT2D eigenvalue weighted by Crippen LogP contribution is -2.34. The van der Waals surface area contributed by atoms with Crippen LogP contribution in [0.2, 0.25) is 0 Å². The number of nitrogens with zero attached hydrogens (tertiary/aromatic N) is 2. The molecule has 2 aromatic rings. The lowest BCUT2D eigenvalue weighted by molar-refractivity contribution is -0.140. The number of rotatable bonds is 5. The van der Waals surface area contributed by atoms with E-state index >= 15 is 0 Å². The number of halogens is 4. The zero-order valence-electron chi connectivity index (χ0n) is 14.9. The summed E-state index contributed by atoms with van der Waals surface area (Å²) in [4.78, 5) is 18.5. The highest BCUT2D eigenvalue weighted by Gasteiger charge is 2.53. The molecule has 1 aromatic carbocycles. The average molecular weight is 393 g/mol. The molecule has 1 saturated carbocycles. The number of fused-ring (bicyclic) bond motifs is 1. The number of amides is 1. The van der Waals surface area contributed by atoms with Crippen LogP contribution >= 0.6 is 0 Å². The molecule has 2 unspecified atom stereocenters. The summed E-state index contributed by atoms with van der Waals surface area (Å²) in [7, 11) is 0. The van der Waals surface area contributed by atoms with E-state index in [9.17, 15) is 22.4 Å². The molecule has 1 N–H and O–H groups in total. The average Bonchev–Trinajstić information content (AvgIpc) is 3.09. The summed E-state index contributed by atoms with van der Waals surface area (Å²) >= 11 is 0. The molecule has 28 heavy (non-hydrogen) atoms. The Morgan fingerprint density at radius 3 is 2.57 bits per heavy atom. The minimum absolute atomic E-state index is 0.0257. The first kappa shape index (κ1) is 18.9. The van der Waals surface area contributed by atoms with Crippen molar-refractivity contribution in [3.8, 4) is 0 Å². The van der Waals surface area contributed by atoms with Crippen molar-refractivity contribution in [2.75, 3.05) is 19.6 Å². The van der Waals surface area contributed by atoms with Gasteiger partial charge in [-0.1, -0.05) is 12.1 Å². The maximum Gasteiger partial charge on any atom is 0.419 e. The Morgan fingerprint density at radius 2 is 1.93 bits per heavy atom. The zero-order valence-corrected chi connectivity index (χ0v) is 14.9. The van der Waals surface area contributed by atoms with Gasteiger partial charge < -0.3 is 10.2 Å². The summed E-state index contributed by atoms with van der Waals surface area (Å²) < 4.78 is 52.7. The molecule has 0 radical (unpaired) electrons. The number of alkyl halides is 3. The van der Waals surface area contributed by atoms with Crippen LogP contribution in [-0.2, 0) is 12.7 Å². The van der Waals surface area contributed by atoms with Gasteiger partial charge in [-0.3, -0.25) is 9.78 Å². The van der Waals surface area contributed by atoms with Crippen LogP contribution in [0.1, 0.15) is 21.6 Å². The van der Waals surface area contributed by atoms with Crippen LogP contribution in [0, 0.1) is 23.6 Å². The molecular weight excluding hydrogens is 374 g/mol. The topological polar surface area (TPSA) is 45.2 Å². The summed E-state index contributed by atoms with van der Waals surface area (Å²) in [6.07, 6.45) is -3.28. The van der Waals surface area contributed by atoms with Gasteiger partial charge in [0.2, 0.25) is 0 Å². The van der Waals surface area contributed by atoms with Crippen molar-refractivity contribution in [2.24, 2.45) is 17.8 Å². The van der Waals surface area contributed by atoms with Gasteiger partial charge in [-0.25, -0.2) is 4.39 Å². The maximum atomic E-state index is 13.6. The molecule has 1 aromatic heterocycles. The normalized spacial score (nSPS) is 23.4. The largest absolute Gasteiger partial charge is 0.419 e. The second kappa shape index (κ2) is 7.16. The fourth-order valence-electron chi connectivity index (χ4n) is 4.05. The molecule has 148 valence electrons. The molecule has 2 aliphatic rings. The molecule has 2 atom stereocenters. The highest BCUT2D eigenvalue weighted by atomic mass is 19.4. The Morgan fingerprint density at radius 1 is 1.18 bits per heavy atom. The van der Waals surface area contributed by atoms with Gasteiger partial charge in [0.25, 0.3) is 5.91 Å². The third-order valence-corrected chi connectivity index (χ3v) is 5.58. The maximum absolute atomic E-state index is 13.6. The van der Waals surface area contributed by atoms with Gasteiger partial charge in [-0.15, -0.1) is 0 Å². The SMILES string of the molecule is O=C(c1ccccn1)N(Cc1ccc(F)c(C(F)(F)F)c1)CC1C2CNCC21. The van der Waals surface area contributed by atoms with E-state index in [0.717, 1.165) is 25.2 Å². The van der Waals surface area contributed by atoms with E-state index in [1.54, 1.807) is 18.2 Å². The predicted octanol–water partition coefficient (Wildman–Crippen LogP) is 3.35. The first-order valence-corrected chi connectivity index (χ1v) is 9.11. The molecule has 1 amide bonds. The highest BCUT2D eigenvalue weighted by molar-refractivity contribution is 5.92. The molecule has 4 rings (SSSR count). The molecule has 1 aliphatic heterocycles. The lowest BCUT2D eigenvalue weighted by Gasteiger charge is -2.24. The van der Waals surface area contributed by atoms with Gasteiger partial charge in [0, 0.05) is 19.3 Å². The van der Waals surface area contributed by atoms with Gasteiger partial charge in [0.1, 0.15) is 11.5 Å². The number of piperidine rings is 1.